The fourth-order valence-electron chi connectivity index (χ4n) is 3.79. The lowest BCUT2D eigenvalue weighted by atomic mass is 9.92. The number of H-pyrrole nitrogens is 1. The van der Waals surface area contributed by atoms with Crippen molar-refractivity contribution in [3.63, 3.8) is 0 Å². The first-order valence-electron chi connectivity index (χ1n) is 10.8. The monoisotopic (exact) mass is 422 g/mol. The molecule has 0 spiro atoms. The Labute approximate surface area is 181 Å². The van der Waals surface area contributed by atoms with Crippen molar-refractivity contribution < 1.29 is 0 Å². The van der Waals surface area contributed by atoms with Crippen molar-refractivity contribution in [2.24, 2.45) is 0 Å². The predicted molar refractivity (Wildman–Crippen MR) is 123 cm³/mol. The lowest BCUT2D eigenvalue weighted by Gasteiger charge is -2.18. The molecule has 4 rings (SSSR count). The number of thiophene rings is 1. The van der Waals surface area contributed by atoms with E-state index in [1.54, 1.807) is 17.7 Å². The van der Waals surface area contributed by atoms with Gasteiger partial charge in [0.25, 0.3) is 0 Å². The SMILES string of the molecule is CC(C)c1nc(C(C)CCC(C)c2nc(C(C)C)nc3sccc23)c2[nH]cnc2n1. The smallest absolute Gasteiger partial charge is 0.181 e. The molecule has 2 unspecified atom stereocenters. The first kappa shape index (κ1) is 20.8. The highest BCUT2D eigenvalue weighted by Crippen LogP contribution is 2.33. The second-order valence-corrected chi connectivity index (χ2v) is 9.76. The van der Waals surface area contributed by atoms with E-state index in [1.165, 1.54) is 11.1 Å². The molecule has 0 saturated carbocycles. The zero-order valence-electron chi connectivity index (χ0n) is 18.6. The van der Waals surface area contributed by atoms with Gasteiger partial charge in [0.1, 0.15) is 22.0 Å². The minimum absolute atomic E-state index is 0.276. The third-order valence-electron chi connectivity index (χ3n) is 5.70. The summed E-state index contributed by atoms with van der Waals surface area (Å²) in [5.41, 5.74) is 3.97. The molecule has 6 nitrogen and oxygen atoms in total. The van der Waals surface area contributed by atoms with Crippen LogP contribution < -0.4 is 0 Å². The fraction of sp³-hybridized carbons (Fsp3) is 0.522. The quantitative estimate of drug-likeness (QED) is 0.378. The van der Waals surface area contributed by atoms with Gasteiger partial charge < -0.3 is 4.98 Å². The molecule has 0 radical (unpaired) electrons. The summed E-state index contributed by atoms with van der Waals surface area (Å²) in [4.78, 5) is 27.9. The van der Waals surface area contributed by atoms with Crippen LogP contribution in [-0.4, -0.2) is 29.9 Å². The van der Waals surface area contributed by atoms with Crippen molar-refractivity contribution in [1.82, 2.24) is 29.9 Å². The number of nitrogens with one attached hydrogen (secondary N) is 1. The average molecular weight is 423 g/mol. The molecule has 0 amide bonds. The van der Waals surface area contributed by atoms with Gasteiger partial charge in [-0.15, -0.1) is 11.3 Å². The van der Waals surface area contributed by atoms with Crippen LogP contribution in [0.2, 0.25) is 0 Å². The molecule has 0 bridgehead atoms. The lowest BCUT2D eigenvalue weighted by molar-refractivity contribution is 0.556. The highest BCUT2D eigenvalue weighted by molar-refractivity contribution is 7.16. The van der Waals surface area contributed by atoms with E-state index in [0.717, 1.165) is 46.2 Å². The molecule has 7 heteroatoms. The summed E-state index contributed by atoms with van der Waals surface area (Å²) in [7, 11) is 0. The molecule has 0 aliphatic rings. The van der Waals surface area contributed by atoms with Gasteiger partial charge in [-0.05, 0) is 30.2 Å². The highest BCUT2D eigenvalue weighted by Gasteiger charge is 2.21. The minimum Gasteiger partial charge on any atom is -0.342 e. The van der Waals surface area contributed by atoms with E-state index in [1.807, 2.05) is 0 Å². The molecule has 4 aromatic heterocycles. The second-order valence-electron chi connectivity index (χ2n) is 8.86. The van der Waals surface area contributed by atoms with Gasteiger partial charge in [0.15, 0.2) is 5.65 Å². The normalized spacial score (nSPS) is 14.3. The maximum Gasteiger partial charge on any atom is 0.181 e. The topological polar surface area (TPSA) is 80.2 Å². The van der Waals surface area contributed by atoms with Crippen LogP contribution in [0, 0.1) is 0 Å². The Morgan fingerprint density at radius 1 is 0.833 bits per heavy atom. The van der Waals surface area contributed by atoms with Gasteiger partial charge in [-0.3, -0.25) is 0 Å². The summed E-state index contributed by atoms with van der Waals surface area (Å²) < 4.78 is 0. The molecular formula is C23H30N6S. The Hall–Kier alpha value is -2.41. The van der Waals surface area contributed by atoms with Gasteiger partial charge in [-0.2, -0.15) is 0 Å². The molecule has 0 aliphatic heterocycles. The van der Waals surface area contributed by atoms with Crippen LogP contribution in [0.15, 0.2) is 17.8 Å². The van der Waals surface area contributed by atoms with Gasteiger partial charge in [0.05, 0.1) is 17.7 Å². The van der Waals surface area contributed by atoms with Crippen molar-refractivity contribution in [3.8, 4) is 0 Å². The molecule has 4 aromatic rings. The largest absolute Gasteiger partial charge is 0.342 e. The molecule has 4 heterocycles. The number of hydrogen-bond acceptors (Lipinski definition) is 6. The van der Waals surface area contributed by atoms with E-state index in [9.17, 15) is 0 Å². The molecule has 158 valence electrons. The highest BCUT2D eigenvalue weighted by atomic mass is 32.1. The van der Waals surface area contributed by atoms with Gasteiger partial charge in [0, 0.05) is 23.1 Å². The average Bonchev–Trinajstić information content (AvgIpc) is 3.38. The van der Waals surface area contributed by atoms with Gasteiger partial charge in [-0.1, -0.05) is 41.5 Å². The Balaban J connectivity index is 1.58. The molecule has 0 saturated heterocycles. The first-order valence-corrected chi connectivity index (χ1v) is 11.7. The van der Waals surface area contributed by atoms with Crippen molar-refractivity contribution in [1.29, 1.82) is 0 Å². The standard InChI is InChI=1S/C23H30N6S/c1-12(2)20-27-18(19-22(28-20)25-11-24-19)15(6)8-7-14(5)17-16-9-10-30-23(16)29-21(26-17)13(3)4/h9-15H,7-8H2,1-6H3,(H,24,25,27,28). The maximum absolute atomic E-state index is 4.96. The molecule has 30 heavy (non-hydrogen) atoms. The van der Waals surface area contributed by atoms with E-state index in [2.05, 4.69) is 67.9 Å². The summed E-state index contributed by atoms with van der Waals surface area (Å²) in [5.74, 6) is 3.07. The zero-order chi connectivity index (χ0) is 21.4. The molecular weight excluding hydrogens is 392 g/mol. The minimum atomic E-state index is 0.276. The van der Waals surface area contributed by atoms with Gasteiger partial charge in [-0.25, -0.2) is 24.9 Å². The predicted octanol–water partition coefficient (Wildman–Crippen LogP) is 6.29. The Morgan fingerprint density at radius 2 is 1.47 bits per heavy atom. The van der Waals surface area contributed by atoms with Crippen molar-refractivity contribution >= 4 is 32.7 Å². The van der Waals surface area contributed by atoms with Gasteiger partial charge in [0.2, 0.25) is 0 Å². The van der Waals surface area contributed by atoms with Crippen molar-refractivity contribution in [2.75, 3.05) is 0 Å². The van der Waals surface area contributed by atoms with Crippen LogP contribution in [0.5, 0.6) is 0 Å². The third-order valence-corrected chi connectivity index (χ3v) is 6.51. The first-order chi connectivity index (χ1) is 14.3. The summed E-state index contributed by atoms with van der Waals surface area (Å²) in [6.45, 7) is 13.1. The number of aromatic nitrogens is 6. The number of imidazole rings is 1. The summed E-state index contributed by atoms with van der Waals surface area (Å²) in [6.07, 6.45) is 3.78. The van der Waals surface area contributed by atoms with Crippen molar-refractivity contribution in [3.05, 3.63) is 40.8 Å². The number of nitrogens with zero attached hydrogens (tertiary/aromatic N) is 5. The van der Waals surface area contributed by atoms with Crippen LogP contribution in [0.25, 0.3) is 21.4 Å². The van der Waals surface area contributed by atoms with Crippen LogP contribution in [-0.2, 0) is 0 Å². The summed E-state index contributed by atoms with van der Waals surface area (Å²) >= 11 is 1.70. The van der Waals surface area contributed by atoms with Crippen molar-refractivity contribution in [2.45, 2.75) is 78.1 Å². The van der Waals surface area contributed by atoms with Crippen LogP contribution in [0.1, 0.15) is 101 Å². The Kier molecular flexibility index (Phi) is 5.82. The van der Waals surface area contributed by atoms with Crippen LogP contribution in [0.3, 0.4) is 0 Å². The summed E-state index contributed by atoms with van der Waals surface area (Å²) in [5, 5.41) is 3.32. The van der Waals surface area contributed by atoms with Gasteiger partial charge >= 0.3 is 0 Å². The van der Waals surface area contributed by atoms with E-state index in [4.69, 9.17) is 15.0 Å². The fourth-order valence-corrected chi connectivity index (χ4v) is 4.57. The second kappa shape index (κ2) is 8.38. The maximum atomic E-state index is 4.96. The Morgan fingerprint density at radius 3 is 2.17 bits per heavy atom. The number of rotatable bonds is 7. The van der Waals surface area contributed by atoms with E-state index < -0.39 is 0 Å². The van der Waals surface area contributed by atoms with E-state index >= 15 is 0 Å². The zero-order valence-corrected chi connectivity index (χ0v) is 19.4. The van der Waals surface area contributed by atoms with E-state index in [-0.39, 0.29) is 5.92 Å². The Bertz CT molecular complexity index is 1070. The number of fused-ring (bicyclic) bond motifs is 2. The third kappa shape index (κ3) is 3.95. The number of hydrogen-bond donors (Lipinski definition) is 1. The molecule has 0 aromatic carbocycles. The summed E-state index contributed by atoms with van der Waals surface area (Å²) in [6, 6.07) is 2.16. The molecule has 0 aliphatic carbocycles. The molecule has 1 N–H and O–H groups in total. The van der Waals surface area contributed by atoms with Crippen LogP contribution >= 0.6 is 11.3 Å². The molecule has 2 atom stereocenters. The van der Waals surface area contributed by atoms with Crippen LogP contribution in [0.4, 0.5) is 0 Å². The number of aromatic amines is 1. The van der Waals surface area contributed by atoms with E-state index in [0.29, 0.717) is 17.8 Å². The lowest BCUT2D eigenvalue weighted by Crippen LogP contribution is -2.08. The molecule has 0 fully saturated rings.